The number of hydrogen-bond donors (Lipinski definition) is 0. The third-order valence-electron chi connectivity index (χ3n) is 5.33. The molecule has 0 saturated carbocycles. The number of nitrogens with zero attached hydrogens (tertiary/aromatic N) is 1. The van der Waals surface area contributed by atoms with Gasteiger partial charge in [0.15, 0.2) is 0 Å². The van der Waals surface area contributed by atoms with E-state index >= 15 is 0 Å². The van der Waals surface area contributed by atoms with Gasteiger partial charge in [0.1, 0.15) is 11.2 Å². The van der Waals surface area contributed by atoms with Gasteiger partial charge in [0.05, 0.1) is 16.2 Å². The highest BCUT2D eigenvalue weighted by molar-refractivity contribution is 6.38. The molecule has 132 valence electrons. The van der Waals surface area contributed by atoms with Crippen molar-refractivity contribution in [1.82, 2.24) is 4.98 Å². The number of rotatable bonds is 1. The molecule has 6 aromatic rings. The number of fused-ring (bicyclic) bond motifs is 6. The summed E-state index contributed by atoms with van der Waals surface area (Å²) >= 11 is 6.75. The summed E-state index contributed by atoms with van der Waals surface area (Å²) in [7, 11) is 0. The molecule has 0 bridgehead atoms. The molecule has 0 saturated heterocycles. The number of para-hydroxylation sites is 2. The van der Waals surface area contributed by atoms with Crippen molar-refractivity contribution >= 4 is 55.2 Å². The summed E-state index contributed by atoms with van der Waals surface area (Å²) in [4.78, 5) is 4.93. The van der Waals surface area contributed by atoms with Crippen molar-refractivity contribution < 1.29 is 4.42 Å². The lowest BCUT2D eigenvalue weighted by Gasteiger charge is -2.09. The van der Waals surface area contributed by atoms with E-state index in [1.165, 1.54) is 0 Å². The zero-order valence-corrected chi connectivity index (χ0v) is 15.6. The molecule has 0 amide bonds. The van der Waals surface area contributed by atoms with Gasteiger partial charge in [-0.3, -0.25) is 0 Å². The maximum absolute atomic E-state index is 6.75. The lowest BCUT2D eigenvalue weighted by atomic mass is 10.0. The molecule has 4 aromatic carbocycles. The van der Waals surface area contributed by atoms with Crippen LogP contribution >= 0.6 is 11.6 Å². The van der Waals surface area contributed by atoms with E-state index in [4.69, 9.17) is 21.0 Å². The van der Waals surface area contributed by atoms with Crippen molar-refractivity contribution in [1.29, 1.82) is 0 Å². The van der Waals surface area contributed by atoms with Crippen LogP contribution in [0.3, 0.4) is 0 Å². The van der Waals surface area contributed by atoms with Crippen LogP contribution in [0.2, 0.25) is 5.02 Å². The van der Waals surface area contributed by atoms with Gasteiger partial charge < -0.3 is 4.42 Å². The second kappa shape index (κ2) is 5.82. The minimum absolute atomic E-state index is 0.699. The fourth-order valence-electron chi connectivity index (χ4n) is 4.05. The zero-order chi connectivity index (χ0) is 18.7. The van der Waals surface area contributed by atoms with E-state index in [2.05, 4.69) is 30.3 Å². The van der Waals surface area contributed by atoms with Gasteiger partial charge in [-0.05, 0) is 35.0 Å². The van der Waals surface area contributed by atoms with Gasteiger partial charge in [-0.15, -0.1) is 0 Å². The molecule has 0 radical (unpaired) electrons. The standard InChI is InChI=1S/C25H14ClNO/c26-20-14-22(27-21-13-12-15-6-1-2-7-16(15)24(20)21)19-10-5-9-18-17-8-3-4-11-23(17)28-25(18)19/h1-14H. The van der Waals surface area contributed by atoms with Crippen LogP contribution in [0, 0.1) is 0 Å². The summed E-state index contributed by atoms with van der Waals surface area (Å²) in [6.07, 6.45) is 0. The van der Waals surface area contributed by atoms with Crippen molar-refractivity contribution in [3.05, 3.63) is 90.0 Å². The molecule has 0 fully saturated rings. The second-order valence-electron chi connectivity index (χ2n) is 6.95. The Morgan fingerprint density at radius 2 is 1.50 bits per heavy atom. The Kier molecular flexibility index (Phi) is 3.26. The lowest BCUT2D eigenvalue weighted by Crippen LogP contribution is -1.88. The van der Waals surface area contributed by atoms with E-state index in [-0.39, 0.29) is 0 Å². The van der Waals surface area contributed by atoms with Crippen LogP contribution in [0.1, 0.15) is 0 Å². The fourth-order valence-corrected chi connectivity index (χ4v) is 4.35. The summed E-state index contributed by atoms with van der Waals surface area (Å²) in [5.41, 5.74) is 4.37. The Morgan fingerprint density at radius 3 is 2.43 bits per heavy atom. The van der Waals surface area contributed by atoms with Gasteiger partial charge in [-0.1, -0.05) is 72.3 Å². The van der Waals surface area contributed by atoms with Gasteiger partial charge in [0.2, 0.25) is 0 Å². The largest absolute Gasteiger partial charge is 0.455 e. The third-order valence-corrected chi connectivity index (χ3v) is 5.63. The maximum atomic E-state index is 6.75. The highest BCUT2D eigenvalue weighted by atomic mass is 35.5. The van der Waals surface area contributed by atoms with E-state index < -0.39 is 0 Å². The van der Waals surface area contributed by atoms with Crippen molar-refractivity contribution in [2.45, 2.75) is 0 Å². The molecule has 2 aromatic heterocycles. The molecule has 0 atom stereocenters. The molecule has 0 aliphatic carbocycles. The van der Waals surface area contributed by atoms with Crippen molar-refractivity contribution in [2.75, 3.05) is 0 Å². The lowest BCUT2D eigenvalue weighted by molar-refractivity contribution is 0.670. The molecule has 2 heterocycles. The molecule has 3 heteroatoms. The summed E-state index contributed by atoms with van der Waals surface area (Å²) in [5, 5.41) is 6.16. The quantitative estimate of drug-likeness (QED) is 0.275. The second-order valence-corrected chi connectivity index (χ2v) is 7.36. The van der Waals surface area contributed by atoms with E-state index in [1.54, 1.807) is 0 Å². The van der Waals surface area contributed by atoms with E-state index in [0.29, 0.717) is 5.02 Å². The molecule has 0 aliphatic heterocycles. The Morgan fingerprint density at radius 1 is 0.714 bits per heavy atom. The van der Waals surface area contributed by atoms with Gasteiger partial charge >= 0.3 is 0 Å². The van der Waals surface area contributed by atoms with Crippen LogP contribution < -0.4 is 0 Å². The molecule has 0 unspecified atom stereocenters. The first-order valence-corrected chi connectivity index (χ1v) is 9.56. The molecular weight excluding hydrogens is 366 g/mol. The number of benzene rings is 4. The maximum Gasteiger partial charge on any atom is 0.144 e. The predicted molar refractivity (Wildman–Crippen MR) is 117 cm³/mol. The van der Waals surface area contributed by atoms with Gasteiger partial charge in [-0.2, -0.15) is 0 Å². The molecular formula is C25H14ClNO. The van der Waals surface area contributed by atoms with Crippen LogP contribution in [0.5, 0.6) is 0 Å². The number of furan rings is 1. The Balaban J connectivity index is 1.68. The minimum Gasteiger partial charge on any atom is -0.455 e. The Labute approximate surface area is 166 Å². The van der Waals surface area contributed by atoms with Crippen LogP contribution in [0.4, 0.5) is 0 Å². The van der Waals surface area contributed by atoms with Crippen LogP contribution in [0.25, 0.3) is 54.9 Å². The first kappa shape index (κ1) is 15.7. The summed E-state index contributed by atoms with van der Waals surface area (Å²) in [6.45, 7) is 0. The van der Waals surface area contributed by atoms with Gasteiger partial charge in [0, 0.05) is 21.7 Å². The number of aromatic nitrogens is 1. The van der Waals surface area contributed by atoms with Gasteiger partial charge in [-0.25, -0.2) is 4.98 Å². The Hall–Kier alpha value is -3.36. The normalized spacial score (nSPS) is 11.8. The molecule has 6 rings (SSSR count). The first-order valence-electron chi connectivity index (χ1n) is 9.18. The zero-order valence-electron chi connectivity index (χ0n) is 14.8. The number of halogens is 1. The van der Waals surface area contributed by atoms with E-state index in [9.17, 15) is 0 Å². The highest BCUT2D eigenvalue weighted by Crippen LogP contribution is 2.38. The third kappa shape index (κ3) is 2.19. The summed E-state index contributed by atoms with van der Waals surface area (Å²) in [6, 6.07) is 28.6. The Bertz CT molecular complexity index is 1530. The average Bonchev–Trinajstić information content (AvgIpc) is 3.12. The number of hydrogen-bond acceptors (Lipinski definition) is 2. The first-order chi connectivity index (χ1) is 13.8. The molecule has 2 nitrogen and oxygen atoms in total. The van der Waals surface area contributed by atoms with Crippen molar-refractivity contribution in [2.24, 2.45) is 0 Å². The van der Waals surface area contributed by atoms with Crippen LogP contribution in [-0.4, -0.2) is 4.98 Å². The van der Waals surface area contributed by atoms with E-state index in [1.807, 2.05) is 54.6 Å². The smallest absolute Gasteiger partial charge is 0.144 e. The van der Waals surface area contributed by atoms with Crippen LogP contribution in [-0.2, 0) is 0 Å². The molecule has 0 N–H and O–H groups in total. The molecule has 0 spiro atoms. The minimum atomic E-state index is 0.699. The summed E-state index contributed by atoms with van der Waals surface area (Å²) < 4.78 is 6.18. The molecule has 0 aliphatic rings. The fraction of sp³-hybridized carbons (Fsp3) is 0. The van der Waals surface area contributed by atoms with Crippen LogP contribution in [0.15, 0.2) is 89.3 Å². The average molecular weight is 380 g/mol. The van der Waals surface area contributed by atoms with Gasteiger partial charge in [0.25, 0.3) is 0 Å². The monoisotopic (exact) mass is 379 g/mol. The van der Waals surface area contributed by atoms with E-state index in [0.717, 1.165) is 54.9 Å². The SMILES string of the molecule is Clc1cc(-c2cccc3c2oc2ccccc23)nc2ccc3ccccc3c12. The van der Waals surface area contributed by atoms with Crippen molar-refractivity contribution in [3.8, 4) is 11.3 Å². The van der Waals surface area contributed by atoms with Crippen molar-refractivity contribution in [3.63, 3.8) is 0 Å². The highest BCUT2D eigenvalue weighted by Gasteiger charge is 2.15. The number of pyridine rings is 1. The molecule has 28 heavy (non-hydrogen) atoms. The topological polar surface area (TPSA) is 26.0 Å². The summed E-state index contributed by atoms with van der Waals surface area (Å²) in [5.74, 6) is 0. The predicted octanol–water partition coefficient (Wildman–Crippen LogP) is 7.61.